The summed E-state index contributed by atoms with van der Waals surface area (Å²) in [5.74, 6) is -0.899. The molecule has 0 aliphatic carbocycles. The predicted octanol–water partition coefficient (Wildman–Crippen LogP) is 3.62. The number of nitrogens with zero attached hydrogens (tertiary/aromatic N) is 1. The van der Waals surface area contributed by atoms with Gasteiger partial charge in [-0.05, 0) is 0 Å². The van der Waals surface area contributed by atoms with Gasteiger partial charge in [0.25, 0.3) is 0 Å². The summed E-state index contributed by atoms with van der Waals surface area (Å²) in [4.78, 5) is 26.5. The number of amides is 2. The number of carbonyl (C=O) groups is 2. The Hall–Kier alpha value is -2.13. The second-order valence-corrected chi connectivity index (χ2v) is 7.27. The van der Waals surface area contributed by atoms with Crippen LogP contribution in [0, 0.1) is 11.7 Å². The van der Waals surface area contributed by atoms with Crippen molar-refractivity contribution in [3.05, 3.63) is 59.4 Å². The van der Waals surface area contributed by atoms with E-state index in [1.165, 1.54) is 6.07 Å². The van der Waals surface area contributed by atoms with Crippen molar-refractivity contribution in [2.75, 3.05) is 11.5 Å². The second-order valence-electron chi connectivity index (χ2n) is 6.26. The molecule has 0 aromatic heterocycles. The van der Waals surface area contributed by atoms with Crippen molar-refractivity contribution < 1.29 is 18.7 Å². The van der Waals surface area contributed by atoms with Crippen LogP contribution in [0.5, 0.6) is 0 Å². The average Bonchev–Trinajstić information content (AvgIpc) is 2.60. The third-order valence-electron chi connectivity index (χ3n) is 3.74. The SMILES string of the molecule is CCc1ccc(N(C(=O)OCC(C)C)C(=O)c2ccccc2[As])cc1F. The molecule has 26 heavy (non-hydrogen) atoms. The molecule has 2 aromatic carbocycles. The van der Waals surface area contributed by atoms with Crippen molar-refractivity contribution in [1.82, 2.24) is 0 Å². The first-order valence-corrected chi connectivity index (χ1v) is 9.36. The van der Waals surface area contributed by atoms with E-state index >= 15 is 0 Å². The van der Waals surface area contributed by atoms with Crippen molar-refractivity contribution >= 4 is 38.9 Å². The van der Waals surface area contributed by atoms with E-state index in [0.717, 1.165) is 4.90 Å². The van der Waals surface area contributed by atoms with Crippen molar-refractivity contribution in [3.8, 4) is 0 Å². The Morgan fingerprint density at radius 1 is 1.19 bits per heavy atom. The minimum absolute atomic E-state index is 0.116. The van der Waals surface area contributed by atoms with Gasteiger partial charge in [-0.3, -0.25) is 0 Å². The number of imide groups is 1. The topological polar surface area (TPSA) is 46.6 Å². The molecule has 6 heteroatoms. The summed E-state index contributed by atoms with van der Waals surface area (Å²) in [7, 11) is 0. The molecule has 0 bridgehead atoms. The van der Waals surface area contributed by atoms with E-state index < -0.39 is 17.8 Å². The van der Waals surface area contributed by atoms with Gasteiger partial charge in [0.2, 0.25) is 0 Å². The van der Waals surface area contributed by atoms with Crippen molar-refractivity contribution in [3.63, 3.8) is 0 Å². The van der Waals surface area contributed by atoms with Crippen LogP contribution in [0.15, 0.2) is 42.5 Å². The number of benzene rings is 2. The fourth-order valence-corrected chi connectivity index (χ4v) is 2.88. The van der Waals surface area contributed by atoms with Gasteiger partial charge in [0.1, 0.15) is 0 Å². The number of hydrogen-bond acceptors (Lipinski definition) is 3. The van der Waals surface area contributed by atoms with Crippen LogP contribution >= 0.6 is 0 Å². The van der Waals surface area contributed by atoms with Crippen LogP contribution in [-0.4, -0.2) is 35.5 Å². The summed E-state index contributed by atoms with van der Waals surface area (Å²) in [5.41, 5.74) is 1.01. The Morgan fingerprint density at radius 2 is 1.88 bits per heavy atom. The fourth-order valence-electron chi connectivity index (χ4n) is 2.35. The predicted molar refractivity (Wildman–Crippen MR) is 101 cm³/mol. The summed E-state index contributed by atoms with van der Waals surface area (Å²) < 4.78 is 20.1. The summed E-state index contributed by atoms with van der Waals surface area (Å²) >= 11 is 2.29. The molecule has 0 spiro atoms. The molecule has 0 fully saturated rings. The number of anilines is 1. The normalized spacial score (nSPS) is 10.7. The van der Waals surface area contributed by atoms with Crippen LogP contribution in [-0.2, 0) is 11.2 Å². The van der Waals surface area contributed by atoms with Gasteiger partial charge < -0.3 is 0 Å². The first-order valence-electron chi connectivity index (χ1n) is 8.42. The van der Waals surface area contributed by atoms with Gasteiger partial charge in [0, 0.05) is 0 Å². The zero-order valence-corrected chi connectivity index (χ0v) is 16.9. The molecule has 0 atom stereocenters. The molecule has 136 valence electrons. The van der Waals surface area contributed by atoms with E-state index in [-0.39, 0.29) is 18.2 Å². The van der Waals surface area contributed by atoms with Gasteiger partial charge in [-0.15, -0.1) is 0 Å². The maximum atomic E-state index is 14.2. The van der Waals surface area contributed by atoms with Crippen LogP contribution in [0.2, 0.25) is 0 Å². The summed E-state index contributed by atoms with van der Waals surface area (Å²) in [6.45, 7) is 5.80. The van der Waals surface area contributed by atoms with E-state index in [2.05, 4.69) is 16.9 Å². The molecular formula is C20H21AsFNO3. The zero-order valence-electron chi connectivity index (χ0n) is 15.0. The Balaban J connectivity index is 2.45. The molecule has 2 radical (unpaired) electrons. The van der Waals surface area contributed by atoms with Crippen LogP contribution in [0.25, 0.3) is 0 Å². The quantitative estimate of drug-likeness (QED) is 0.699. The Labute approximate surface area is 161 Å². The molecule has 0 aliphatic rings. The first kappa shape index (κ1) is 20.2. The molecular weight excluding hydrogens is 396 g/mol. The molecule has 0 unspecified atom stereocenters. The van der Waals surface area contributed by atoms with Crippen LogP contribution in [0.3, 0.4) is 0 Å². The van der Waals surface area contributed by atoms with E-state index in [0.29, 0.717) is 21.9 Å². The van der Waals surface area contributed by atoms with E-state index in [1.807, 2.05) is 20.8 Å². The molecule has 0 N–H and O–H groups in total. The number of halogens is 1. The van der Waals surface area contributed by atoms with E-state index in [4.69, 9.17) is 4.74 Å². The number of carbonyl (C=O) groups excluding carboxylic acids is 2. The molecule has 2 amide bonds. The molecule has 2 rings (SSSR count). The van der Waals surface area contributed by atoms with E-state index in [1.54, 1.807) is 36.4 Å². The molecule has 4 nitrogen and oxygen atoms in total. The van der Waals surface area contributed by atoms with Gasteiger partial charge in [-0.1, -0.05) is 0 Å². The van der Waals surface area contributed by atoms with Crippen LogP contribution in [0.4, 0.5) is 14.9 Å². The number of rotatable bonds is 5. The number of hydrogen-bond donors (Lipinski definition) is 0. The fraction of sp³-hybridized carbons (Fsp3) is 0.300. The molecule has 0 saturated heterocycles. The Bertz CT molecular complexity index is 807. The van der Waals surface area contributed by atoms with E-state index in [9.17, 15) is 14.0 Å². The molecule has 2 aromatic rings. The van der Waals surface area contributed by atoms with Crippen molar-refractivity contribution in [1.29, 1.82) is 0 Å². The Morgan fingerprint density at radius 3 is 2.46 bits per heavy atom. The Kier molecular flexibility index (Phi) is 6.98. The third kappa shape index (κ3) is 4.73. The van der Waals surface area contributed by atoms with Gasteiger partial charge in [-0.2, -0.15) is 0 Å². The summed E-state index contributed by atoms with van der Waals surface area (Å²) in [6.07, 6.45) is -0.296. The standard InChI is InChI=1S/C20H21AsFNO3/c1-4-14-9-10-15(11-18(14)22)23(20(25)26-12-13(2)3)19(24)16-7-5-6-8-17(16)21/h5-11,13H,4,12H2,1-3H3. The molecule has 0 aliphatic heterocycles. The maximum absolute atomic E-state index is 14.2. The second kappa shape index (κ2) is 9.00. The summed E-state index contributed by atoms with van der Waals surface area (Å²) in [6, 6.07) is 11.2. The van der Waals surface area contributed by atoms with Gasteiger partial charge in [-0.25, -0.2) is 0 Å². The molecule has 0 heterocycles. The van der Waals surface area contributed by atoms with Gasteiger partial charge in [0.15, 0.2) is 0 Å². The monoisotopic (exact) mass is 417 g/mol. The third-order valence-corrected chi connectivity index (χ3v) is 4.55. The van der Waals surface area contributed by atoms with Gasteiger partial charge >= 0.3 is 162 Å². The van der Waals surface area contributed by atoms with Gasteiger partial charge in [0.05, 0.1) is 0 Å². The average molecular weight is 417 g/mol. The molecule has 0 saturated carbocycles. The summed E-state index contributed by atoms with van der Waals surface area (Å²) in [5, 5.41) is 0. The number of ether oxygens (including phenoxy) is 1. The number of aryl methyl sites for hydroxylation is 1. The van der Waals surface area contributed by atoms with Crippen LogP contribution < -0.4 is 9.25 Å². The van der Waals surface area contributed by atoms with Crippen molar-refractivity contribution in [2.24, 2.45) is 5.92 Å². The zero-order chi connectivity index (χ0) is 19.3. The van der Waals surface area contributed by atoms with Crippen molar-refractivity contribution in [2.45, 2.75) is 27.2 Å². The minimum atomic E-state index is -0.817. The first-order chi connectivity index (χ1) is 12.3. The van der Waals surface area contributed by atoms with Crippen LogP contribution in [0.1, 0.15) is 36.7 Å².